The SMILES string of the molecule is OC/C=C/CNc1cccc(F)c1. The number of aliphatic hydroxyl groups excluding tert-OH is 1. The molecule has 70 valence electrons. The Morgan fingerprint density at radius 1 is 1.38 bits per heavy atom. The van der Waals surface area contributed by atoms with Crippen molar-refractivity contribution >= 4 is 5.69 Å². The second-order valence-corrected chi connectivity index (χ2v) is 2.55. The summed E-state index contributed by atoms with van der Waals surface area (Å²) < 4.78 is 12.6. The highest BCUT2D eigenvalue weighted by Gasteiger charge is 1.91. The van der Waals surface area contributed by atoms with Crippen LogP contribution in [0.25, 0.3) is 0 Å². The van der Waals surface area contributed by atoms with Gasteiger partial charge in [-0.3, -0.25) is 0 Å². The Morgan fingerprint density at radius 2 is 2.23 bits per heavy atom. The lowest BCUT2D eigenvalue weighted by molar-refractivity contribution is 0.342. The Morgan fingerprint density at radius 3 is 2.92 bits per heavy atom. The minimum atomic E-state index is -0.254. The summed E-state index contributed by atoms with van der Waals surface area (Å²) >= 11 is 0. The van der Waals surface area contributed by atoms with Gasteiger partial charge in [-0.1, -0.05) is 18.2 Å². The molecule has 1 aromatic rings. The zero-order chi connectivity index (χ0) is 9.52. The standard InChI is InChI=1S/C10H12FNO/c11-9-4-3-5-10(8-9)12-6-1-2-7-13/h1-5,8,12-13H,6-7H2/b2-1+. The van der Waals surface area contributed by atoms with Crippen LogP contribution in [0.4, 0.5) is 10.1 Å². The van der Waals surface area contributed by atoms with Gasteiger partial charge in [0.25, 0.3) is 0 Å². The summed E-state index contributed by atoms with van der Waals surface area (Å²) in [5.74, 6) is -0.254. The molecule has 0 saturated carbocycles. The van der Waals surface area contributed by atoms with Crippen molar-refractivity contribution < 1.29 is 9.50 Å². The third-order valence-corrected chi connectivity index (χ3v) is 1.52. The molecule has 1 rings (SSSR count). The van der Waals surface area contributed by atoms with Crippen molar-refractivity contribution in [1.29, 1.82) is 0 Å². The van der Waals surface area contributed by atoms with E-state index in [1.165, 1.54) is 12.1 Å². The van der Waals surface area contributed by atoms with Crippen molar-refractivity contribution in [2.45, 2.75) is 0 Å². The fraction of sp³-hybridized carbons (Fsp3) is 0.200. The number of anilines is 1. The van der Waals surface area contributed by atoms with Crippen LogP contribution in [0.5, 0.6) is 0 Å². The van der Waals surface area contributed by atoms with E-state index in [1.54, 1.807) is 24.3 Å². The number of rotatable bonds is 4. The fourth-order valence-corrected chi connectivity index (χ4v) is 0.933. The molecular formula is C10H12FNO. The zero-order valence-corrected chi connectivity index (χ0v) is 7.20. The molecule has 1 aromatic carbocycles. The lowest BCUT2D eigenvalue weighted by Crippen LogP contribution is -1.98. The van der Waals surface area contributed by atoms with Crippen LogP contribution >= 0.6 is 0 Å². The Balaban J connectivity index is 2.41. The molecule has 0 aliphatic rings. The van der Waals surface area contributed by atoms with E-state index in [1.807, 2.05) is 0 Å². The highest BCUT2D eigenvalue weighted by atomic mass is 19.1. The highest BCUT2D eigenvalue weighted by Crippen LogP contribution is 2.08. The summed E-state index contributed by atoms with van der Waals surface area (Å²) in [4.78, 5) is 0. The van der Waals surface area contributed by atoms with Crippen LogP contribution < -0.4 is 5.32 Å². The minimum absolute atomic E-state index is 0.0326. The van der Waals surface area contributed by atoms with Crippen molar-refractivity contribution in [3.05, 3.63) is 42.2 Å². The van der Waals surface area contributed by atoms with Crippen molar-refractivity contribution in [3.63, 3.8) is 0 Å². The van der Waals surface area contributed by atoms with Gasteiger partial charge in [0, 0.05) is 12.2 Å². The Kier molecular flexibility index (Phi) is 3.99. The smallest absolute Gasteiger partial charge is 0.125 e. The molecule has 0 spiro atoms. The maximum Gasteiger partial charge on any atom is 0.125 e. The van der Waals surface area contributed by atoms with Crippen LogP contribution in [-0.2, 0) is 0 Å². The van der Waals surface area contributed by atoms with Gasteiger partial charge in [-0.25, -0.2) is 4.39 Å². The minimum Gasteiger partial charge on any atom is -0.392 e. The Bertz CT molecular complexity index is 286. The van der Waals surface area contributed by atoms with Gasteiger partial charge in [0.05, 0.1) is 6.61 Å². The quantitative estimate of drug-likeness (QED) is 0.694. The first-order valence-electron chi connectivity index (χ1n) is 4.08. The van der Waals surface area contributed by atoms with E-state index >= 15 is 0 Å². The molecular weight excluding hydrogens is 169 g/mol. The van der Waals surface area contributed by atoms with E-state index in [4.69, 9.17) is 5.11 Å². The van der Waals surface area contributed by atoms with Gasteiger partial charge in [-0.05, 0) is 18.2 Å². The number of aliphatic hydroxyl groups is 1. The van der Waals surface area contributed by atoms with E-state index in [0.29, 0.717) is 6.54 Å². The molecule has 3 heteroatoms. The Labute approximate surface area is 76.7 Å². The van der Waals surface area contributed by atoms with Crippen molar-refractivity contribution in [3.8, 4) is 0 Å². The maximum atomic E-state index is 12.6. The summed E-state index contributed by atoms with van der Waals surface area (Å²) in [7, 11) is 0. The molecule has 0 heterocycles. The summed E-state index contributed by atoms with van der Waals surface area (Å²) in [6, 6.07) is 6.25. The van der Waals surface area contributed by atoms with Crippen LogP contribution in [0.3, 0.4) is 0 Å². The van der Waals surface area contributed by atoms with E-state index in [2.05, 4.69) is 5.32 Å². The van der Waals surface area contributed by atoms with Crippen LogP contribution in [0.1, 0.15) is 0 Å². The molecule has 13 heavy (non-hydrogen) atoms. The topological polar surface area (TPSA) is 32.3 Å². The predicted octanol–water partition coefficient (Wildman–Crippen LogP) is 1.79. The molecule has 0 saturated heterocycles. The van der Waals surface area contributed by atoms with Gasteiger partial charge in [-0.2, -0.15) is 0 Å². The van der Waals surface area contributed by atoms with Crippen molar-refractivity contribution in [1.82, 2.24) is 0 Å². The molecule has 0 atom stereocenters. The third-order valence-electron chi connectivity index (χ3n) is 1.52. The summed E-state index contributed by atoms with van der Waals surface area (Å²) in [5, 5.41) is 11.4. The molecule has 0 bridgehead atoms. The van der Waals surface area contributed by atoms with Gasteiger partial charge in [0.2, 0.25) is 0 Å². The molecule has 2 N–H and O–H groups in total. The fourth-order valence-electron chi connectivity index (χ4n) is 0.933. The first kappa shape index (κ1) is 9.74. The number of halogens is 1. The van der Waals surface area contributed by atoms with E-state index in [0.717, 1.165) is 5.69 Å². The van der Waals surface area contributed by atoms with Crippen molar-refractivity contribution in [2.75, 3.05) is 18.5 Å². The molecule has 0 fully saturated rings. The van der Waals surface area contributed by atoms with Crippen LogP contribution in [0, 0.1) is 5.82 Å². The largest absolute Gasteiger partial charge is 0.392 e. The molecule has 2 nitrogen and oxygen atoms in total. The lowest BCUT2D eigenvalue weighted by Gasteiger charge is -2.01. The average molecular weight is 181 g/mol. The van der Waals surface area contributed by atoms with Crippen LogP contribution in [0.2, 0.25) is 0 Å². The normalized spacial score (nSPS) is 10.6. The molecule has 0 aliphatic heterocycles. The second kappa shape index (κ2) is 5.32. The predicted molar refractivity (Wildman–Crippen MR) is 51.1 cm³/mol. The second-order valence-electron chi connectivity index (χ2n) is 2.55. The van der Waals surface area contributed by atoms with Gasteiger partial charge in [0.15, 0.2) is 0 Å². The highest BCUT2D eigenvalue weighted by molar-refractivity contribution is 5.43. The van der Waals surface area contributed by atoms with Gasteiger partial charge in [0.1, 0.15) is 5.82 Å². The van der Waals surface area contributed by atoms with E-state index in [9.17, 15) is 4.39 Å². The summed E-state index contributed by atoms with van der Waals surface area (Å²) in [6.07, 6.45) is 3.41. The number of benzene rings is 1. The maximum absolute atomic E-state index is 12.6. The van der Waals surface area contributed by atoms with E-state index < -0.39 is 0 Å². The molecule has 0 aromatic heterocycles. The first-order chi connectivity index (χ1) is 6.33. The number of hydrogen-bond donors (Lipinski definition) is 2. The zero-order valence-electron chi connectivity index (χ0n) is 7.20. The van der Waals surface area contributed by atoms with E-state index in [-0.39, 0.29) is 12.4 Å². The third kappa shape index (κ3) is 3.71. The molecule has 0 unspecified atom stereocenters. The summed E-state index contributed by atoms with van der Waals surface area (Å²) in [5.41, 5.74) is 0.739. The number of hydrogen-bond acceptors (Lipinski definition) is 2. The first-order valence-corrected chi connectivity index (χ1v) is 4.08. The van der Waals surface area contributed by atoms with Gasteiger partial charge in [-0.15, -0.1) is 0 Å². The molecule has 0 aliphatic carbocycles. The lowest BCUT2D eigenvalue weighted by atomic mass is 10.3. The van der Waals surface area contributed by atoms with Gasteiger partial charge >= 0.3 is 0 Å². The molecule has 0 radical (unpaired) electrons. The number of nitrogens with one attached hydrogen (secondary N) is 1. The van der Waals surface area contributed by atoms with Crippen LogP contribution in [-0.4, -0.2) is 18.3 Å². The average Bonchev–Trinajstić information content (AvgIpc) is 2.13. The molecule has 0 amide bonds. The van der Waals surface area contributed by atoms with Crippen LogP contribution in [0.15, 0.2) is 36.4 Å². The Hall–Kier alpha value is -1.35. The monoisotopic (exact) mass is 181 g/mol. The summed E-state index contributed by atoms with van der Waals surface area (Å²) in [6.45, 7) is 0.620. The van der Waals surface area contributed by atoms with Gasteiger partial charge < -0.3 is 10.4 Å². The van der Waals surface area contributed by atoms with Crippen molar-refractivity contribution in [2.24, 2.45) is 0 Å².